The van der Waals surface area contributed by atoms with Crippen LogP contribution in [0.25, 0.3) is 10.9 Å². The molecule has 7 heteroatoms. The van der Waals surface area contributed by atoms with Gasteiger partial charge in [0.25, 0.3) is 0 Å². The number of H-pyrrole nitrogens is 1. The van der Waals surface area contributed by atoms with Crippen LogP contribution in [0.15, 0.2) is 59.1 Å². The van der Waals surface area contributed by atoms with E-state index in [1.807, 2.05) is 54.7 Å². The third-order valence-electron chi connectivity index (χ3n) is 6.72. The van der Waals surface area contributed by atoms with Gasteiger partial charge in [0.15, 0.2) is 0 Å². The van der Waals surface area contributed by atoms with E-state index in [0.29, 0.717) is 31.0 Å². The lowest BCUT2D eigenvalue weighted by atomic mass is 9.74. The van der Waals surface area contributed by atoms with Gasteiger partial charge < -0.3 is 14.5 Å². The molecule has 4 aromatic rings. The molecule has 0 amide bonds. The van der Waals surface area contributed by atoms with E-state index in [1.54, 1.807) is 6.92 Å². The van der Waals surface area contributed by atoms with E-state index in [-0.39, 0.29) is 24.5 Å². The van der Waals surface area contributed by atoms with E-state index in [9.17, 15) is 14.7 Å². The Morgan fingerprint density at radius 1 is 1.09 bits per heavy atom. The fourth-order valence-corrected chi connectivity index (χ4v) is 5.13. The fraction of sp³-hybridized carbons (Fsp3) is 0.308. The summed E-state index contributed by atoms with van der Waals surface area (Å²) in [6, 6.07) is 15.8. The van der Waals surface area contributed by atoms with Gasteiger partial charge in [-0.3, -0.25) is 9.59 Å². The smallest absolute Gasteiger partial charge is 0.304 e. The molecule has 33 heavy (non-hydrogen) atoms. The second-order valence-corrected chi connectivity index (χ2v) is 9.02. The van der Waals surface area contributed by atoms with Crippen molar-refractivity contribution in [1.82, 2.24) is 15.2 Å². The quantitative estimate of drug-likeness (QED) is 0.418. The van der Waals surface area contributed by atoms with Crippen molar-refractivity contribution in [3.8, 4) is 0 Å². The number of nitrogens with one attached hydrogen (secondary N) is 1. The monoisotopic (exact) mass is 443 g/mol. The summed E-state index contributed by atoms with van der Waals surface area (Å²) < 4.78 is 5.74. The molecule has 168 valence electrons. The predicted octanol–water partition coefficient (Wildman–Crippen LogP) is 4.40. The van der Waals surface area contributed by atoms with Crippen molar-refractivity contribution >= 4 is 22.7 Å². The zero-order valence-electron chi connectivity index (χ0n) is 18.4. The molecule has 5 rings (SSSR count). The fourth-order valence-electron chi connectivity index (χ4n) is 5.13. The highest BCUT2D eigenvalue weighted by atomic mass is 16.4. The van der Waals surface area contributed by atoms with Crippen LogP contribution in [0.5, 0.6) is 0 Å². The van der Waals surface area contributed by atoms with Gasteiger partial charge in [-0.15, -0.1) is 10.2 Å². The molecule has 0 aliphatic heterocycles. The van der Waals surface area contributed by atoms with Crippen molar-refractivity contribution in [1.29, 1.82) is 0 Å². The minimum atomic E-state index is -0.960. The highest BCUT2D eigenvalue weighted by molar-refractivity contribution is 5.91. The number of carboxylic acid groups (broad SMARTS) is 1. The number of para-hydroxylation sites is 1. The number of fused-ring (bicyclic) bond motifs is 2. The van der Waals surface area contributed by atoms with Gasteiger partial charge in [0.1, 0.15) is 5.78 Å². The third kappa shape index (κ3) is 4.06. The number of rotatable bonds is 8. The van der Waals surface area contributed by atoms with Gasteiger partial charge in [-0.1, -0.05) is 42.5 Å². The van der Waals surface area contributed by atoms with Crippen molar-refractivity contribution in [3.05, 3.63) is 83.2 Å². The van der Waals surface area contributed by atoms with E-state index >= 15 is 0 Å². The zero-order valence-corrected chi connectivity index (χ0v) is 18.4. The number of carbonyl (C=O) groups excluding carboxylic acids is 1. The number of hydrogen-bond acceptors (Lipinski definition) is 5. The average Bonchev–Trinajstić information content (AvgIpc) is 3.50. The Hall–Kier alpha value is -3.74. The van der Waals surface area contributed by atoms with Crippen molar-refractivity contribution in [2.45, 2.75) is 44.9 Å². The largest absolute Gasteiger partial charge is 0.481 e. The number of Topliss-reactive ketones (excluding diaryl/α,β-unsaturated/α-hetero) is 1. The second-order valence-electron chi connectivity index (χ2n) is 9.02. The standard InChI is InChI=1S/C26H25N3O4/c1-16-28-29-25(33-16)19(10-20-15-27-22-9-5-4-8-21(20)22)11-23(30)26(14-24(31)32)12-17-6-2-3-7-18(17)13-26/h2-9,15,19,27H,10-14H2,1H3,(H,31,32)/t19-/m1/s1. The Bertz CT molecular complexity index is 1310. The van der Waals surface area contributed by atoms with Gasteiger partial charge in [0.2, 0.25) is 11.8 Å². The summed E-state index contributed by atoms with van der Waals surface area (Å²) >= 11 is 0. The minimum Gasteiger partial charge on any atom is -0.481 e. The van der Waals surface area contributed by atoms with E-state index in [0.717, 1.165) is 27.6 Å². The SMILES string of the molecule is Cc1nnc([C@@H](CC(=O)C2(CC(=O)O)Cc3ccccc3C2)Cc2c[nH]c3ccccc23)o1. The average molecular weight is 444 g/mol. The van der Waals surface area contributed by atoms with Crippen LogP contribution in [0.4, 0.5) is 0 Å². The lowest BCUT2D eigenvalue weighted by Gasteiger charge is -2.27. The molecule has 2 heterocycles. The first-order chi connectivity index (χ1) is 15.9. The molecule has 1 atom stereocenters. The second kappa shape index (κ2) is 8.31. The lowest BCUT2D eigenvalue weighted by Crippen LogP contribution is -2.35. The zero-order chi connectivity index (χ0) is 23.0. The first-order valence-electron chi connectivity index (χ1n) is 11.1. The summed E-state index contributed by atoms with van der Waals surface area (Å²) in [6.07, 6.45) is 3.32. The molecular weight excluding hydrogens is 418 g/mol. The van der Waals surface area contributed by atoms with Gasteiger partial charge in [0, 0.05) is 41.8 Å². The third-order valence-corrected chi connectivity index (χ3v) is 6.72. The number of carboxylic acids is 1. The summed E-state index contributed by atoms with van der Waals surface area (Å²) in [5, 5.41) is 18.9. The van der Waals surface area contributed by atoms with Gasteiger partial charge in [-0.2, -0.15) is 0 Å². The molecule has 0 spiro atoms. The number of aromatic amines is 1. The van der Waals surface area contributed by atoms with Crippen LogP contribution in [0, 0.1) is 12.3 Å². The van der Waals surface area contributed by atoms with E-state index in [1.165, 1.54) is 0 Å². The van der Waals surface area contributed by atoms with Crippen molar-refractivity contribution in [2.24, 2.45) is 5.41 Å². The molecule has 2 N–H and O–H groups in total. The number of nitrogens with zero attached hydrogens (tertiary/aromatic N) is 2. The van der Waals surface area contributed by atoms with Crippen LogP contribution in [-0.2, 0) is 28.9 Å². The molecule has 2 aromatic heterocycles. The highest BCUT2D eigenvalue weighted by Gasteiger charge is 2.45. The number of aromatic nitrogens is 3. The Morgan fingerprint density at radius 3 is 2.45 bits per heavy atom. The Labute approximate surface area is 190 Å². The van der Waals surface area contributed by atoms with E-state index in [4.69, 9.17) is 4.42 Å². The van der Waals surface area contributed by atoms with Crippen molar-refractivity contribution in [3.63, 3.8) is 0 Å². The summed E-state index contributed by atoms with van der Waals surface area (Å²) in [5.74, 6) is -0.519. The van der Waals surface area contributed by atoms with Crippen LogP contribution in [0.2, 0.25) is 0 Å². The predicted molar refractivity (Wildman–Crippen MR) is 122 cm³/mol. The molecule has 1 aliphatic carbocycles. The summed E-state index contributed by atoms with van der Waals surface area (Å²) in [7, 11) is 0. The van der Waals surface area contributed by atoms with Gasteiger partial charge >= 0.3 is 5.97 Å². The lowest BCUT2D eigenvalue weighted by molar-refractivity contribution is -0.144. The van der Waals surface area contributed by atoms with Crippen LogP contribution in [-0.4, -0.2) is 32.0 Å². The van der Waals surface area contributed by atoms with Gasteiger partial charge in [-0.25, -0.2) is 0 Å². The van der Waals surface area contributed by atoms with Crippen LogP contribution in [0.3, 0.4) is 0 Å². The molecule has 0 bridgehead atoms. The number of aliphatic carboxylic acids is 1. The minimum absolute atomic E-state index is 0.0678. The van der Waals surface area contributed by atoms with Crippen molar-refractivity contribution < 1.29 is 19.1 Å². The summed E-state index contributed by atoms with van der Waals surface area (Å²) in [4.78, 5) is 28.8. The first kappa shape index (κ1) is 21.1. The maximum absolute atomic E-state index is 13.8. The van der Waals surface area contributed by atoms with Crippen LogP contribution >= 0.6 is 0 Å². The molecule has 1 aliphatic rings. The molecule has 0 radical (unpaired) electrons. The topological polar surface area (TPSA) is 109 Å². The van der Waals surface area contributed by atoms with Crippen molar-refractivity contribution in [2.75, 3.05) is 0 Å². The van der Waals surface area contributed by atoms with Gasteiger partial charge in [-0.05, 0) is 42.0 Å². The van der Waals surface area contributed by atoms with E-state index in [2.05, 4.69) is 15.2 Å². The summed E-state index contributed by atoms with van der Waals surface area (Å²) in [6.45, 7) is 1.72. The van der Waals surface area contributed by atoms with E-state index < -0.39 is 11.4 Å². The molecular formula is C26H25N3O4. The molecule has 7 nitrogen and oxygen atoms in total. The molecule has 0 unspecified atom stereocenters. The van der Waals surface area contributed by atoms with Crippen LogP contribution < -0.4 is 0 Å². The number of aryl methyl sites for hydroxylation is 1. The molecule has 0 fully saturated rings. The van der Waals surface area contributed by atoms with Gasteiger partial charge in [0.05, 0.1) is 6.42 Å². The Morgan fingerprint density at radius 2 is 1.79 bits per heavy atom. The Kier molecular flexibility index (Phi) is 5.32. The first-order valence-corrected chi connectivity index (χ1v) is 11.1. The van der Waals surface area contributed by atoms with Crippen LogP contribution in [0.1, 0.15) is 47.2 Å². The number of carbonyl (C=O) groups is 2. The Balaban J connectivity index is 1.46. The number of hydrogen-bond donors (Lipinski definition) is 2. The molecule has 0 saturated carbocycles. The molecule has 2 aromatic carbocycles. The number of benzene rings is 2. The maximum atomic E-state index is 13.8. The molecule has 0 saturated heterocycles. The normalized spacial score (nSPS) is 15.4. The maximum Gasteiger partial charge on any atom is 0.304 e. The highest BCUT2D eigenvalue weighted by Crippen LogP contribution is 2.43. The summed E-state index contributed by atoms with van der Waals surface area (Å²) in [5.41, 5.74) is 3.22. The number of ketones is 1.